The Morgan fingerprint density at radius 2 is 2.12 bits per heavy atom. The van der Waals surface area contributed by atoms with Crippen LogP contribution in [0.1, 0.15) is 18.1 Å². The monoisotopic (exact) mass is 348 g/mol. The second-order valence-electron chi connectivity index (χ2n) is 3.36. The Labute approximate surface area is 113 Å². The molecule has 2 nitrogen and oxygen atoms in total. The zero-order valence-electron chi connectivity index (χ0n) is 9.13. The predicted octanol–water partition coefficient (Wildman–Crippen LogP) is 3.49. The summed E-state index contributed by atoms with van der Waals surface area (Å²) in [5, 5.41) is 1.17. The largest absolute Gasteiger partial charge is 0.494 e. The lowest BCUT2D eigenvalue weighted by atomic mass is 10.1. The van der Waals surface area contributed by atoms with Crippen molar-refractivity contribution in [2.75, 3.05) is 11.9 Å². The Morgan fingerprint density at radius 1 is 1.38 bits per heavy atom. The van der Waals surface area contributed by atoms with E-state index < -0.39 is 0 Å². The third-order valence-corrected chi connectivity index (χ3v) is 3.39. The number of halogens is 2. The smallest absolute Gasteiger partial charge is 0.147 e. The topological polar surface area (TPSA) is 26.3 Å². The van der Waals surface area contributed by atoms with Gasteiger partial charge in [-0.2, -0.15) is 0 Å². The molecule has 0 heterocycles. The van der Waals surface area contributed by atoms with Crippen LogP contribution in [0.5, 0.6) is 5.75 Å². The van der Waals surface area contributed by atoms with Gasteiger partial charge >= 0.3 is 0 Å². The van der Waals surface area contributed by atoms with Gasteiger partial charge in [-0.05, 0) is 18.6 Å². The van der Waals surface area contributed by atoms with Crippen LogP contribution in [0.4, 0.5) is 0 Å². The summed E-state index contributed by atoms with van der Waals surface area (Å²) in [7, 11) is 0. The van der Waals surface area contributed by atoms with Crippen LogP contribution in [0.2, 0.25) is 0 Å². The molecule has 0 bridgehead atoms. The number of hydrogen-bond acceptors (Lipinski definition) is 2. The first-order valence-corrected chi connectivity index (χ1v) is 7.33. The van der Waals surface area contributed by atoms with Crippen molar-refractivity contribution < 1.29 is 9.53 Å². The van der Waals surface area contributed by atoms with E-state index in [1.54, 1.807) is 0 Å². The summed E-state index contributed by atoms with van der Waals surface area (Å²) in [5.41, 5.74) is 2.11. The zero-order valence-corrected chi connectivity index (χ0v) is 12.3. The molecule has 0 fully saturated rings. The summed E-state index contributed by atoms with van der Waals surface area (Å²) in [6.07, 6.45) is 0.418. The SMILES string of the molecule is CCOc1ccc(CBr)cc1CC(=O)CBr. The molecule has 0 atom stereocenters. The first-order chi connectivity index (χ1) is 7.71. The molecular weight excluding hydrogens is 336 g/mol. The van der Waals surface area contributed by atoms with E-state index in [-0.39, 0.29) is 5.78 Å². The number of hydrogen-bond donors (Lipinski definition) is 0. The molecule has 1 rings (SSSR count). The molecule has 0 N–H and O–H groups in total. The quantitative estimate of drug-likeness (QED) is 0.735. The molecule has 88 valence electrons. The Kier molecular flexibility index (Phi) is 6.06. The van der Waals surface area contributed by atoms with Crippen LogP contribution in [0.25, 0.3) is 0 Å². The Bertz CT molecular complexity index is 364. The van der Waals surface area contributed by atoms with Gasteiger partial charge in [0.25, 0.3) is 0 Å². The second-order valence-corrected chi connectivity index (χ2v) is 4.48. The van der Waals surface area contributed by atoms with Crippen molar-refractivity contribution in [1.29, 1.82) is 0 Å². The average Bonchev–Trinajstić information content (AvgIpc) is 2.31. The summed E-state index contributed by atoms with van der Waals surface area (Å²) < 4.78 is 5.50. The number of Topliss-reactive ketones (excluding diaryl/α,β-unsaturated/α-hetero) is 1. The highest BCUT2D eigenvalue weighted by atomic mass is 79.9. The van der Waals surface area contributed by atoms with Crippen LogP contribution in [0.15, 0.2) is 18.2 Å². The van der Waals surface area contributed by atoms with Gasteiger partial charge in [0.05, 0.1) is 11.9 Å². The molecule has 0 spiro atoms. The number of ether oxygens (including phenoxy) is 1. The molecule has 0 aliphatic rings. The van der Waals surface area contributed by atoms with Gasteiger partial charge in [0.1, 0.15) is 11.5 Å². The van der Waals surface area contributed by atoms with Crippen LogP contribution < -0.4 is 4.74 Å². The number of carbonyl (C=O) groups excluding carboxylic acids is 1. The van der Waals surface area contributed by atoms with E-state index in [1.807, 2.05) is 25.1 Å². The van der Waals surface area contributed by atoms with Gasteiger partial charge in [-0.15, -0.1) is 0 Å². The zero-order chi connectivity index (χ0) is 12.0. The predicted molar refractivity (Wildman–Crippen MR) is 72.7 cm³/mol. The Hall–Kier alpha value is -0.350. The van der Waals surface area contributed by atoms with Crippen LogP contribution in [0.3, 0.4) is 0 Å². The Morgan fingerprint density at radius 3 is 2.69 bits per heavy atom. The van der Waals surface area contributed by atoms with Crippen molar-refractivity contribution in [3.63, 3.8) is 0 Å². The molecule has 0 amide bonds. The highest BCUT2D eigenvalue weighted by molar-refractivity contribution is 9.09. The van der Waals surface area contributed by atoms with Gasteiger partial charge in [0.15, 0.2) is 0 Å². The minimum absolute atomic E-state index is 0.160. The van der Waals surface area contributed by atoms with Gasteiger partial charge in [-0.3, -0.25) is 4.79 Å². The minimum atomic E-state index is 0.160. The van der Waals surface area contributed by atoms with Gasteiger partial charge in [0, 0.05) is 17.3 Å². The first-order valence-electron chi connectivity index (χ1n) is 5.09. The average molecular weight is 350 g/mol. The molecule has 0 aliphatic carbocycles. The molecular formula is C12H14Br2O2. The van der Waals surface area contributed by atoms with E-state index in [0.717, 1.165) is 22.2 Å². The van der Waals surface area contributed by atoms with E-state index in [1.165, 1.54) is 0 Å². The maximum atomic E-state index is 11.4. The third kappa shape index (κ3) is 3.91. The van der Waals surface area contributed by atoms with Crippen LogP contribution in [-0.2, 0) is 16.5 Å². The lowest BCUT2D eigenvalue weighted by Crippen LogP contribution is -2.06. The fraction of sp³-hybridized carbons (Fsp3) is 0.417. The molecule has 1 aromatic carbocycles. The molecule has 0 radical (unpaired) electrons. The lowest BCUT2D eigenvalue weighted by Gasteiger charge is -2.10. The maximum absolute atomic E-state index is 11.4. The summed E-state index contributed by atoms with van der Waals surface area (Å²) in [6, 6.07) is 5.94. The van der Waals surface area contributed by atoms with Gasteiger partial charge in [-0.25, -0.2) is 0 Å². The molecule has 0 aromatic heterocycles. The molecule has 0 aliphatic heterocycles. The van der Waals surface area contributed by atoms with E-state index in [9.17, 15) is 4.79 Å². The van der Waals surface area contributed by atoms with Crippen LogP contribution >= 0.6 is 31.9 Å². The highest BCUT2D eigenvalue weighted by Gasteiger charge is 2.09. The minimum Gasteiger partial charge on any atom is -0.494 e. The van der Waals surface area contributed by atoms with Crippen LogP contribution in [-0.4, -0.2) is 17.7 Å². The van der Waals surface area contributed by atoms with Crippen molar-refractivity contribution in [3.05, 3.63) is 29.3 Å². The van der Waals surface area contributed by atoms with Gasteiger partial charge < -0.3 is 4.74 Å². The fourth-order valence-electron chi connectivity index (χ4n) is 1.41. The summed E-state index contributed by atoms with van der Waals surface area (Å²) >= 11 is 6.58. The Balaban J connectivity index is 2.95. The number of alkyl halides is 2. The molecule has 16 heavy (non-hydrogen) atoms. The number of benzene rings is 1. The molecule has 0 saturated carbocycles. The van der Waals surface area contributed by atoms with Crippen molar-refractivity contribution in [2.24, 2.45) is 0 Å². The van der Waals surface area contributed by atoms with E-state index >= 15 is 0 Å². The van der Waals surface area contributed by atoms with E-state index in [0.29, 0.717) is 18.4 Å². The van der Waals surface area contributed by atoms with Crippen molar-refractivity contribution in [3.8, 4) is 5.75 Å². The van der Waals surface area contributed by atoms with Crippen molar-refractivity contribution in [1.82, 2.24) is 0 Å². The molecule has 1 aromatic rings. The van der Waals surface area contributed by atoms with Crippen molar-refractivity contribution >= 4 is 37.6 Å². The first kappa shape index (κ1) is 13.7. The summed E-state index contributed by atoms with van der Waals surface area (Å²) in [6.45, 7) is 2.55. The standard InChI is InChI=1S/C12H14Br2O2/c1-2-16-12-4-3-9(7-13)5-10(12)6-11(15)8-14/h3-5H,2,6-8H2,1H3. The third-order valence-electron chi connectivity index (χ3n) is 2.12. The number of rotatable bonds is 6. The van der Waals surface area contributed by atoms with Gasteiger partial charge in [-0.1, -0.05) is 44.0 Å². The van der Waals surface area contributed by atoms with Crippen LogP contribution in [0, 0.1) is 0 Å². The number of carbonyl (C=O) groups is 1. The van der Waals surface area contributed by atoms with Gasteiger partial charge in [0.2, 0.25) is 0 Å². The molecule has 4 heteroatoms. The fourth-order valence-corrected chi connectivity index (χ4v) is 1.96. The van der Waals surface area contributed by atoms with E-state index in [2.05, 4.69) is 31.9 Å². The number of ketones is 1. The molecule has 0 saturated heterocycles. The maximum Gasteiger partial charge on any atom is 0.147 e. The normalized spacial score (nSPS) is 10.2. The van der Waals surface area contributed by atoms with E-state index in [4.69, 9.17) is 4.74 Å². The molecule has 0 unspecified atom stereocenters. The lowest BCUT2D eigenvalue weighted by molar-refractivity contribution is -0.115. The summed E-state index contributed by atoms with van der Waals surface area (Å²) in [5.74, 6) is 0.967. The van der Waals surface area contributed by atoms with Crippen molar-refractivity contribution in [2.45, 2.75) is 18.7 Å². The summed E-state index contributed by atoms with van der Waals surface area (Å²) in [4.78, 5) is 11.4. The highest BCUT2D eigenvalue weighted by Crippen LogP contribution is 2.22. The second kappa shape index (κ2) is 7.07.